The molecule has 1 N–H and O–H groups in total. The second-order valence-electron chi connectivity index (χ2n) is 6.75. The number of hydrogen-bond donors (Lipinski definition) is 1. The van der Waals surface area contributed by atoms with Gasteiger partial charge in [0.25, 0.3) is 10.0 Å². The van der Waals surface area contributed by atoms with Gasteiger partial charge >= 0.3 is 0 Å². The minimum absolute atomic E-state index is 0.212. The Bertz CT molecular complexity index is 1080. The molecule has 4 rings (SSSR count). The Kier molecular flexibility index (Phi) is 6.28. The minimum atomic E-state index is -3.53. The van der Waals surface area contributed by atoms with E-state index in [0.29, 0.717) is 26.3 Å². The van der Waals surface area contributed by atoms with Gasteiger partial charge in [-0.15, -0.1) is 11.3 Å². The molecule has 0 saturated carbocycles. The van der Waals surface area contributed by atoms with Crippen molar-refractivity contribution in [2.75, 3.05) is 26.3 Å². The second-order valence-corrected chi connectivity index (χ2v) is 10.1. The van der Waals surface area contributed by atoms with E-state index in [0.717, 1.165) is 10.4 Å². The van der Waals surface area contributed by atoms with Gasteiger partial charge in [-0.2, -0.15) is 9.40 Å². The molecule has 1 fully saturated rings. The van der Waals surface area contributed by atoms with Crippen LogP contribution in [0.3, 0.4) is 0 Å². The molecule has 1 atom stereocenters. The number of nitrogens with one attached hydrogen (secondary N) is 1. The average molecular weight is 447 g/mol. The number of carbonyl (C=O) groups is 1. The van der Waals surface area contributed by atoms with Crippen LogP contribution in [0.4, 0.5) is 0 Å². The smallest absolute Gasteiger partial charge is 0.252 e. The van der Waals surface area contributed by atoms with Crippen LogP contribution in [-0.2, 0) is 26.1 Å². The summed E-state index contributed by atoms with van der Waals surface area (Å²) in [5, 5.41) is 7.13. The van der Waals surface area contributed by atoms with Gasteiger partial charge in [-0.3, -0.25) is 9.48 Å². The summed E-state index contributed by atoms with van der Waals surface area (Å²) in [7, 11) is -3.53. The van der Waals surface area contributed by atoms with E-state index < -0.39 is 16.1 Å². The van der Waals surface area contributed by atoms with Gasteiger partial charge in [0.1, 0.15) is 4.21 Å². The number of carbonyl (C=O) groups excluding carboxylic acids is 1. The summed E-state index contributed by atoms with van der Waals surface area (Å²) in [5.74, 6) is -0.212. The molecule has 30 heavy (non-hydrogen) atoms. The summed E-state index contributed by atoms with van der Waals surface area (Å²) in [4.78, 5) is 13.7. The number of thiophene rings is 1. The Balaban J connectivity index is 1.46. The van der Waals surface area contributed by atoms with Gasteiger partial charge in [0.05, 0.1) is 19.8 Å². The van der Waals surface area contributed by atoms with E-state index in [4.69, 9.17) is 4.74 Å². The van der Waals surface area contributed by atoms with Crippen molar-refractivity contribution in [3.8, 4) is 0 Å². The Labute approximate surface area is 179 Å². The number of sulfonamides is 1. The predicted octanol–water partition coefficient (Wildman–Crippen LogP) is 1.87. The van der Waals surface area contributed by atoms with Crippen LogP contribution in [0.1, 0.15) is 16.5 Å². The van der Waals surface area contributed by atoms with Crippen LogP contribution in [0.5, 0.6) is 0 Å². The summed E-state index contributed by atoms with van der Waals surface area (Å²) in [5.41, 5.74) is 0.820. The van der Waals surface area contributed by atoms with Gasteiger partial charge in [0.2, 0.25) is 5.91 Å². The molecule has 0 spiro atoms. The van der Waals surface area contributed by atoms with Crippen molar-refractivity contribution in [1.82, 2.24) is 19.4 Å². The summed E-state index contributed by atoms with van der Waals surface area (Å²) in [6, 6.07) is 13.9. The molecule has 0 radical (unpaired) electrons. The number of ether oxygens (including phenoxy) is 1. The van der Waals surface area contributed by atoms with Crippen molar-refractivity contribution in [2.45, 2.75) is 16.8 Å². The first-order valence-electron chi connectivity index (χ1n) is 9.54. The molecule has 1 aliphatic rings. The molecule has 1 saturated heterocycles. The predicted molar refractivity (Wildman–Crippen MR) is 113 cm³/mol. The standard InChI is InChI=1S/C20H22N4O4S2/c25-20(19(24-10-4-9-22-24)16-5-2-1-3-6-16)21-15-17-7-8-18(29-17)30(26,27)23-11-13-28-14-12-23/h1-10,19H,11-15H2,(H,21,25). The van der Waals surface area contributed by atoms with E-state index in [1.165, 1.54) is 15.6 Å². The van der Waals surface area contributed by atoms with Crippen molar-refractivity contribution in [3.05, 3.63) is 71.4 Å². The number of nitrogens with zero attached hydrogens (tertiary/aromatic N) is 3. The molecule has 0 bridgehead atoms. The second kappa shape index (κ2) is 9.09. The Hall–Kier alpha value is -2.53. The van der Waals surface area contributed by atoms with Crippen molar-refractivity contribution < 1.29 is 17.9 Å². The number of amides is 1. The quantitative estimate of drug-likeness (QED) is 0.598. The zero-order valence-corrected chi connectivity index (χ0v) is 17.8. The van der Waals surface area contributed by atoms with Gasteiger partial charge in [-0.05, 0) is 23.8 Å². The molecule has 1 amide bonds. The van der Waals surface area contributed by atoms with Gasteiger partial charge in [-0.1, -0.05) is 30.3 Å². The first-order chi connectivity index (χ1) is 14.6. The topological polar surface area (TPSA) is 93.5 Å². The lowest BCUT2D eigenvalue weighted by Gasteiger charge is -2.25. The number of rotatable bonds is 7. The highest BCUT2D eigenvalue weighted by Crippen LogP contribution is 2.26. The van der Waals surface area contributed by atoms with Crippen LogP contribution >= 0.6 is 11.3 Å². The van der Waals surface area contributed by atoms with E-state index >= 15 is 0 Å². The molecule has 10 heteroatoms. The van der Waals surface area contributed by atoms with Gasteiger partial charge in [0, 0.05) is 30.4 Å². The monoisotopic (exact) mass is 446 g/mol. The highest BCUT2D eigenvalue weighted by molar-refractivity contribution is 7.91. The van der Waals surface area contributed by atoms with Gasteiger partial charge in [-0.25, -0.2) is 8.42 Å². The molecule has 1 aromatic carbocycles. The normalized spacial score (nSPS) is 16.3. The van der Waals surface area contributed by atoms with E-state index in [1.807, 2.05) is 30.3 Å². The van der Waals surface area contributed by atoms with E-state index in [9.17, 15) is 13.2 Å². The first-order valence-corrected chi connectivity index (χ1v) is 11.8. The fraction of sp³-hybridized carbons (Fsp3) is 0.300. The highest BCUT2D eigenvalue weighted by Gasteiger charge is 2.28. The largest absolute Gasteiger partial charge is 0.379 e. The van der Waals surface area contributed by atoms with Crippen LogP contribution < -0.4 is 5.32 Å². The molecule has 2 aromatic heterocycles. The lowest BCUT2D eigenvalue weighted by molar-refractivity contribution is -0.123. The lowest BCUT2D eigenvalue weighted by Crippen LogP contribution is -2.40. The van der Waals surface area contributed by atoms with Crippen molar-refractivity contribution in [1.29, 1.82) is 0 Å². The number of benzene rings is 1. The van der Waals surface area contributed by atoms with Crippen LogP contribution in [-0.4, -0.2) is 54.7 Å². The summed E-state index contributed by atoms with van der Waals surface area (Å²) in [6.07, 6.45) is 3.38. The average Bonchev–Trinajstić information content (AvgIpc) is 3.47. The molecule has 158 valence electrons. The maximum atomic E-state index is 13.0. The Morgan fingerprint density at radius 1 is 1.13 bits per heavy atom. The fourth-order valence-corrected chi connectivity index (χ4v) is 6.13. The van der Waals surface area contributed by atoms with Gasteiger partial charge < -0.3 is 10.1 Å². The van der Waals surface area contributed by atoms with Crippen LogP contribution in [0.15, 0.2) is 65.1 Å². The maximum Gasteiger partial charge on any atom is 0.252 e. The summed E-state index contributed by atoms with van der Waals surface area (Å²) >= 11 is 1.17. The number of morpholine rings is 1. The number of hydrogen-bond acceptors (Lipinski definition) is 6. The van der Waals surface area contributed by atoms with E-state index in [-0.39, 0.29) is 16.7 Å². The molecule has 3 aromatic rings. The van der Waals surface area contributed by atoms with Crippen LogP contribution in [0.2, 0.25) is 0 Å². The third-order valence-corrected chi connectivity index (χ3v) is 8.24. The molecule has 1 aliphatic heterocycles. The van der Waals surface area contributed by atoms with E-state index in [1.54, 1.807) is 35.3 Å². The molecule has 1 unspecified atom stereocenters. The zero-order chi connectivity index (χ0) is 21.0. The Morgan fingerprint density at radius 3 is 2.60 bits per heavy atom. The fourth-order valence-electron chi connectivity index (χ4n) is 3.27. The van der Waals surface area contributed by atoms with Crippen LogP contribution in [0.25, 0.3) is 0 Å². The summed E-state index contributed by atoms with van der Waals surface area (Å²) < 4.78 is 34.1. The third kappa shape index (κ3) is 4.46. The van der Waals surface area contributed by atoms with E-state index in [2.05, 4.69) is 10.4 Å². The molecule has 0 aliphatic carbocycles. The summed E-state index contributed by atoms with van der Waals surface area (Å²) in [6.45, 7) is 1.76. The third-order valence-electron chi connectivity index (χ3n) is 4.79. The first kappa shape index (κ1) is 20.7. The van der Waals surface area contributed by atoms with Crippen LogP contribution in [0, 0.1) is 0 Å². The van der Waals surface area contributed by atoms with Crippen molar-refractivity contribution in [3.63, 3.8) is 0 Å². The Morgan fingerprint density at radius 2 is 1.90 bits per heavy atom. The van der Waals surface area contributed by atoms with Gasteiger partial charge in [0.15, 0.2) is 6.04 Å². The zero-order valence-electron chi connectivity index (χ0n) is 16.2. The molecular weight excluding hydrogens is 424 g/mol. The molecule has 8 nitrogen and oxygen atoms in total. The SMILES string of the molecule is O=C(NCc1ccc(S(=O)(=O)N2CCOCC2)s1)C(c1ccccc1)n1cccn1. The molecule has 3 heterocycles. The number of aromatic nitrogens is 2. The minimum Gasteiger partial charge on any atom is -0.379 e. The maximum absolute atomic E-state index is 13.0. The molecular formula is C20H22N4O4S2. The highest BCUT2D eigenvalue weighted by atomic mass is 32.2. The van der Waals surface area contributed by atoms with Crippen molar-refractivity contribution >= 4 is 27.3 Å². The lowest BCUT2D eigenvalue weighted by atomic mass is 10.1. The van der Waals surface area contributed by atoms with Crippen molar-refractivity contribution in [2.24, 2.45) is 0 Å².